The fourth-order valence-electron chi connectivity index (χ4n) is 2.86. The Bertz CT molecular complexity index is 576. The number of amides is 2. The first-order valence-corrected chi connectivity index (χ1v) is 7.37. The van der Waals surface area contributed by atoms with Gasteiger partial charge in [-0.3, -0.25) is 10.1 Å². The first-order chi connectivity index (χ1) is 10.4. The zero-order valence-corrected chi connectivity index (χ0v) is 12.8. The number of nitrogens with one attached hydrogen (secondary N) is 1. The van der Waals surface area contributed by atoms with Crippen molar-refractivity contribution < 1.29 is 14.8 Å². The minimum Gasteiger partial charge on any atom is -0.394 e. The molecule has 120 valence electrons. The molecule has 7 nitrogen and oxygen atoms in total. The first kappa shape index (κ1) is 16.2. The van der Waals surface area contributed by atoms with Crippen LogP contribution in [-0.2, 0) is 0 Å². The summed E-state index contributed by atoms with van der Waals surface area (Å²) in [5.41, 5.74) is 0.906. The number of aliphatic hydroxyl groups excluding tert-OH is 1. The Hall–Kier alpha value is -2.15. The summed E-state index contributed by atoms with van der Waals surface area (Å²) in [4.78, 5) is 24.5. The van der Waals surface area contributed by atoms with E-state index in [1.807, 2.05) is 6.92 Å². The Morgan fingerprint density at radius 3 is 2.91 bits per heavy atom. The van der Waals surface area contributed by atoms with E-state index in [1.54, 1.807) is 24.0 Å². The van der Waals surface area contributed by atoms with E-state index < -0.39 is 4.92 Å². The van der Waals surface area contributed by atoms with Crippen LogP contribution in [0, 0.1) is 23.0 Å². The van der Waals surface area contributed by atoms with Crippen molar-refractivity contribution in [2.75, 3.05) is 18.5 Å². The fourth-order valence-corrected chi connectivity index (χ4v) is 2.86. The van der Waals surface area contributed by atoms with Crippen molar-refractivity contribution in [3.63, 3.8) is 0 Å². The summed E-state index contributed by atoms with van der Waals surface area (Å²) < 4.78 is 0. The highest BCUT2D eigenvalue weighted by molar-refractivity contribution is 5.90. The van der Waals surface area contributed by atoms with Gasteiger partial charge in [-0.05, 0) is 31.7 Å². The number of nitro groups is 1. The highest BCUT2D eigenvalue weighted by atomic mass is 16.6. The summed E-state index contributed by atoms with van der Waals surface area (Å²) in [6.45, 7) is 4.16. The number of hydrogen-bond donors (Lipinski definition) is 2. The molecule has 1 saturated heterocycles. The molecule has 22 heavy (non-hydrogen) atoms. The number of hydrogen-bond acceptors (Lipinski definition) is 4. The monoisotopic (exact) mass is 307 g/mol. The number of anilines is 1. The highest BCUT2D eigenvalue weighted by Gasteiger charge is 2.31. The molecule has 0 spiro atoms. The van der Waals surface area contributed by atoms with Crippen LogP contribution < -0.4 is 5.32 Å². The van der Waals surface area contributed by atoms with E-state index in [-0.39, 0.29) is 30.3 Å². The summed E-state index contributed by atoms with van der Waals surface area (Å²) in [5, 5.41) is 23.1. The minimum atomic E-state index is -0.468. The number of aliphatic hydroxyl groups is 1. The van der Waals surface area contributed by atoms with Gasteiger partial charge >= 0.3 is 6.03 Å². The highest BCUT2D eigenvalue weighted by Crippen LogP contribution is 2.25. The molecule has 2 amide bonds. The molecule has 2 N–H and O–H groups in total. The number of nitro benzene ring substituents is 1. The van der Waals surface area contributed by atoms with Gasteiger partial charge in [0, 0.05) is 23.9 Å². The second-order valence-electron chi connectivity index (χ2n) is 5.75. The molecule has 0 aliphatic carbocycles. The third kappa shape index (κ3) is 3.36. The fraction of sp³-hybridized carbons (Fsp3) is 0.533. The Labute approximate surface area is 129 Å². The standard InChI is InChI=1S/C15H21N3O4/c1-10-4-3-7-17(14(10)9-19)15(20)16-12-6-5-11(2)13(8-12)18(21)22/h5-6,8,10,14,19H,3-4,7,9H2,1-2H3,(H,16,20). The van der Waals surface area contributed by atoms with Gasteiger partial charge in [0.25, 0.3) is 5.69 Å². The quantitative estimate of drug-likeness (QED) is 0.662. The van der Waals surface area contributed by atoms with Crippen LogP contribution in [0.15, 0.2) is 18.2 Å². The van der Waals surface area contributed by atoms with Crippen LogP contribution >= 0.6 is 0 Å². The van der Waals surface area contributed by atoms with Crippen molar-refractivity contribution in [3.05, 3.63) is 33.9 Å². The number of aryl methyl sites for hydroxylation is 1. The van der Waals surface area contributed by atoms with Gasteiger partial charge in [-0.25, -0.2) is 4.79 Å². The van der Waals surface area contributed by atoms with Gasteiger partial charge < -0.3 is 15.3 Å². The van der Waals surface area contributed by atoms with Gasteiger partial charge in [-0.15, -0.1) is 0 Å². The SMILES string of the molecule is Cc1ccc(NC(=O)N2CCCC(C)C2CO)cc1[N+](=O)[O-]. The molecule has 0 aromatic heterocycles. The van der Waals surface area contributed by atoms with E-state index in [0.717, 1.165) is 12.8 Å². The summed E-state index contributed by atoms with van der Waals surface area (Å²) in [5.74, 6) is 0.233. The van der Waals surface area contributed by atoms with E-state index in [4.69, 9.17) is 0 Å². The van der Waals surface area contributed by atoms with Gasteiger partial charge in [0.1, 0.15) is 0 Å². The summed E-state index contributed by atoms with van der Waals surface area (Å²) in [6.07, 6.45) is 1.87. The van der Waals surface area contributed by atoms with Crippen LogP contribution in [0.25, 0.3) is 0 Å². The molecule has 1 fully saturated rings. The largest absolute Gasteiger partial charge is 0.394 e. The van der Waals surface area contributed by atoms with Crippen LogP contribution in [0.1, 0.15) is 25.3 Å². The average molecular weight is 307 g/mol. The molecule has 1 aliphatic rings. The number of benzene rings is 1. The van der Waals surface area contributed by atoms with Crippen LogP contribution in [0.5, 0.6) is 0 Å². The van der Waals surface area contributed by atoms with Crippen LogP contribution in [0.3, 0.4) is 0 Å². The Morgan fingerprint density at radius 2 is 2.27 bits per heavy atom. The second kappa shape index (κ2) is 6.74. The van der Waals surface area contributed by atoms with E-state index in [2.05, 4.69) is 5.32 Å². The van der Waals surface area contributed by atoms with E-state index >= 15 is 0 Å². The number of likely N-dealkylation sites (tertiary alicyclic amines) is 1. The van der Waals surface area contributed by atoms with Crippen molar-refractivity contribution >= 4 is 17.4 Å². The van der Waals surface area contributed by atoms with Crippen molar-refractivity contribution in [2.24, 2.45) is 5.92 Å². The number of rotatable bonds is 3. The number of carbonyl (C=O) groups excluding carboxylic acids is 1. The number of nitrogens with zero attached hydrogens (tertiary/aromatic N) is 2. The number of carbonyl (C=O) groups is 1. The van der Waals surface area contributed by atoms with Crippen LogP contribution in [0.4, 0.5) is 16.2 Å². The summed E-state index contributed by atoms with van der Waals surface area (Å²) in [6, 6.07) is 4.06. The van der Waals surface area contributed by atoms with Crippen LogP contribution in [0.2, 0.25) is 0 Å². The molecular formula is C15H21N3O4. The molecule has 7 heteroatoms. The molecule has 2 unspecified atom stereocenters. The smallest absolute Gasteiger partial charge is 0.322 e. The minimum absolute atomic E-state index is 0.0245. The van der Waals surface area contributed by atoms with Gasteiger partial charge in [0.15, 0.2) is 0 Å². The molecule has 1 aliphatic heterocycles. The maximum atomic E-state index is 12.4. The molecular weight excluding hydrogens is 286 g/mol. The van der Waals surface area contributed by atoms with Crippen molar-refractivity contribution in [1.29, 1.82) is 0 Å². The number of urea groups is 1. The third-order valence-electron chi connectivity index (χ3n) is 4.22. The molecule has 2 atom stereocenters. The lowest BCUT2D eigenvalue weighted by Gasteiger charge is -2.38. The molecule has 1 heterocycles. The first-order valence-electron chi connectivity index (χ1n) is 7.37. The van der Waals surface area contributed by atoms with Crippen LogP contribution in [-0.4, -0.2) is 40.2 Å². The lowest BCUT2D eigenvalue weighted by Crippen LogP contribution is -2.51. The molecule has 0 bridgehead atoms. The zero-order valence-electron chi connectivity index (χ0n) is 12.8. The maximum Gasteiger partial charge on any atom is 0.322 e. The van der Waals surface area contributed by atoms with Crippen molar-refractivity contribution in [1.82, 2.24) is 4.90 Å². The maximum absolute atomic E-state index is 12.4. The summed E-state index contributed by atoms with van der Waals surface area (Å²) >= 11 is 0. The zero-order chi connectivity index (χ0) is 16.3. The molecule has 1 aromatic rings. The van der Waals surface area contributed by atoms with E-state index in [9.17, 15) is 20.0 Å². The topological polar surface area (TPSA) is 95.7 Å². The van der Waals surface area contributed by atoms with E-state index in [1.165, 1.54) is 6.07 Å². The van der Waals surface area contributed by atoms with Gasteiger partial charge in [0.2, 0.25) is 0 Å². The average Bonchev–Trinajstić information content (AvgIpc) is 2.48. The third-order valence-corrected chi connectivity index (χ3v) is 4.22. The Kier molecular flexibility index (Phi) is 4.97. The predicted octanol–water partition coefficient (Wildman–Crippen LogP) is 2.53. The molecule has 2 rings (SSSR count). The van der Waals surface area contributed by atoms with E-state index in [0.29, 0.717) is 17.8 Å². The predicted molar refractivity (Wildman–Crippen MR) is 82.8 cm³/mol. The summed E-state index contributed by atoms with van der Waals surface area (Å²) in [7, 11) is 0. The van der Waals surface area contributed by atoms with Crippen molar-refractivity contribution in [2.45, 2.75) is 32.7 Å². The lowest BCUT2D eigenvalue weighted by molar-refractivity contribution is -0.385. The Balaban J connectivity index is 2.14. The molecule has 0 radical (unpaired) electrons. The van der Waals surface area contributed by atoms with Gasteiger partial charge in [-0.1, -0.05) is 13.0 Å². The van der Waals surface area contributed by atoms with Gasteiger partial charge in [-0.2, -0.15) is 0 Å². The second-order valence-corrected chi connectivity index (χ2v) is 5.75. The molecule has 0 saturated carbocycles. The molecule has 1 aromatic carbocycles. The van der Waals surface area contributed by atoms with Crippen molar-refractivity contribution in [3.8, 4) is 0 Å². The Morgan fingerprint density at radius 1 is 1.55 bits per heavy atom. The van der Waals surface area contributed by atoms with Gasteiger partial charge in [0.05, 0.1) is 17.6 Å². The normalized spacial score (nSPS) is 21.5. The number of piperidine rings is 1. The lowest BCUT2D eigenvalue weighted by atomic mass is 9.91.